The zero-order valence-corrected chi connectivity index (χ0v) is 32.8. The lowest BCUT2D eigenvalue weighted by Gasteiger charge is -2.09. The predicted octanol–water partition coefficient (Wildman–Crippen LogP) is 7.94. The Bertz CT molecular complexity index is 2590. The number of benzene rings is 4. The summed E-state index contributed by atoms with van der Waals surface area (Å²) in [5, 5.41) is 21.1. The molecule has 2 heterocycles. The van der Waals surface area contributed by atoms with Crippen LogP contribution >= 0.6 is 11.6 Å². The smallest absolute Gasteiger partial charge is 0.227 e. The number of ketones is 2. The van der Waals surface area contributed by atoms with Crippen molar-refractivity contribution in [1.29, 1.82) is 10.5 Å². The maximum atomic E-state index is 13.4. The Balaban J connectivity index is 0.000000166. The summed E-state index contributed by atoms with van der Waals surface area (Å²) in [6, 6.07) is 28.4. The molecule has 0 bridgehead atoms. The molecule has 0 spiro atoms. The van der Waals surface area contributed by atoms with E-state index >= 15 is 0 Å². The Hall–Kier alpha value is -6.89. The second-order valence-electron chi connectivity index (χ2n) is 14.1. The van der Waals surface area contributed by atoms with Gasteiger partial charge >= 0.3 is 0 Å². The third-order valence-corrected chi connectivity index (χ3v) is 10.00. The van der Waals surface area contributed by atoms with E-state index in [9.17, 15) is 18.4 Å². The monoisotopic (exact) mass is 808 g/mol. The minimum absolute atomic E-state index is 0.185. The number of aromatic nitrogens is 4. The molecule has 0 aliphatic heterocycles. The molecule has 0 saturated carbocycles. The summed E-state index contributed by atoms with van der Waals surface area (Å²) in [5.74, 6) is 0.378. The summed E-state index contributed by atoms with van der Waals surface area (Å²) in [6.07, 6.45) is 8.52. The van der Waals surface area contributed by atoms with Crippen LogP contribution in [0.1, 0.15) is 55.9 Å². The zero-order valence-electron chi connectivity index (χ0n) is 32.0. The van der Waals surface area contributed by atoms with Crippen LogP contribution in [0, 0.1) is 34.3 Å². The van der Waals surface area contributed by atoms with Crippen LogP contribution in [-0.2, 0) is 73.8 Å². The molecule has 4 aromatic carbocycles. The third kappa shape index (κ3) is 12.1. The fraction of sp³-hybridized carbons (Fsp3) is 0.217. The Morgan fingerprint density at radius 1 is 0.610 bits per heavy atom. The highest BCUT2D eigenvalue weighted by Gasteiger charge is 2.19. The number of halogens is 3. The number of hydrogen-bond donors (Lipinski definition) is 2. The SMILES string of the molecule is N#CCc1cc(F)ccc1CCc1ccnc(Cl)n1.N#CCc1cc(F)ccc1CCc1ccnc(Nc2ccc3c(c2)CC(=O)C3)n1.Nc1ccc2c(c1)CC(=O)C2. The van der Waals surface area contributed by atoms with E-state index in [1.807, 2.05) is 48.5 Å². The average Bonchev–Trinajstić information content (AvgIpc) is 3.78. The van der Waals surface area contributed by atoms with Crippen molar-refractivity contribution in [1.82, 2.24) is 19.9 Å². The second-order valence-corrected chi connectivity index (χ2v) is 14.4. The van der Waals surface area contributed by atoms with Gasteiger partial charge in [-0.25, -0.2) is 28.7 Å². The first kappa shape index (κ1) is 41.7. The van der Waals surface area contributed by atoms with Crippen molar-refractivity contribution >= 4 is 40.5 Å². The van der Waals surface area contributed by atoms with Gasteiger partial charge in [-0.15, -0.1) is 0 Å². The molecule has 2 aromatic heterocycles. The molecule has 0 unspecified atom stereocenters. The lowest BCUT2D eigenvalue weighted by molar-refractivity contribution is -0.117. The molecular weight excluding hydrogens is 770 g/mol. The minimum atomic E-state index is -0.330. The number of carbonyl (C=O) groups excluding carboxylic acids is 2. The number of nitrogen functional groups attached to an aromatic ring is 1. The van der Waals surface area contributed by atoms with Crippen molar-refractivity contribution in [2.24, 2.45) is 0 Å². The van der Waals surface area contributed by atoms with E-state index in [2.05, 4.69) is 31.3 Å². The Morgan fingerprint density at radius 3 is 1.71 bits per heavy atom. The van der Waals surface area contributed by atoms with Crippen molar-refractivity contribution in [3.05, 3.63) is 170 Å². The first-order chi connectivity index (χ1) is 28.5. The highest BCUT2D eigenvalue weighted by molar-refractivity contribution is 6.28. The number of rotatable bonds is 10. The van der Waals surface area contributed by atoms with E-state index in [-0.39, 0.29) is 35.5 Å². The van der Waals surface area contributed by atoms with Gasteiger partial charge in [0.05, 0.1) is 25.0 Å². The molecule has 0 fully saturated rings. The standard InChI is InChI=1S/C23H19FN4O.C14H11ClFN3.C9H9NO/c24-19-4-1-15(17(11-19)7-9-25)2-5-20-8-10-26-23(27-20)28-21-6-3-16-13-22(29)14-18(16)12-21;15-14-18-8-6-13(19-14)4-2-10-1-3-12(16)9-11(10)5-7-17;10-8-2-1-6-4-9(11)5-7(6)3-8/h1,3-4,6,8,10-12H,2,5,7,13-14H2,(H,26,27,28);1,3,6,8-9H,2,4-5H2;1-3H,4-5,10H2. The summed E-state index contributed by atoms with van der Waals surface area (Å²) >= 11 is 5.71. The number of fused-ring (bicyclic) bond motifs is 2. The van der Waals surface area contributed by atoms with Crippen molar-refractivity contribution in [3.8, 4) is 12.1 Å². The van der Waals surface area contributed by atoms with Gasteiger partial charge in [0.25, 0.3) is 0 Å². The van der Waals surface area contributed by atoms with Gasteiger partial charge in [0, 0.05) is 60.8 Å². The van der Waals surface area contributed by atoms with Crippen LogP contribution in [0.15, 0.2) is 97.3 Å². The van der Waals surface area contributed by atoms with E-state index in [1.54, 1.807) is 30.6 Å². The molecule has 13 heteroatoms. The van der Waals surface area contributed by atoms with Crippen LogP contribution in [0.25, 0.3) is 0 Å². The maximum absolute atomic E-state index is 13.4. The molecule has 6 aromatic rings. The summed E-state index contributed by atoms with van der Waals surface area (Å²) in [4.78, 5) is 39.3. The lowest BCUT2D eigenvalue weighted by Crippen LogP contribution is -2.03. The van der Waals surface area contributed by atoms with Crippen LogP contribution in [0.2, 0.25) is 5.28 Å². The Kier molecular flexibility index (Phi) is 14.1. The summed E-state index contributed by atoms with van der Waals surface area (Å²) in [6.45, 7) is 0. The van der Waals surface area contributed by atoms with Gasteiger partial charge in [-0.05, 0) is 142 Å². The number of nitrogens with zero attached hydrogens (tertiary/aromatic N) is 6. The Morgan fingerprint density at radius 2 is 1.14 bits per heavy atom. The van der Waals surface area contributed by atoms with E-state index in [0.29, 0.717) is 68.7 Å². The molecular formula is C46H39ClF2N8O2. The van der Waals surface area contributed by atoms with Crippen molar-refractivity contribution in [3.63, 3.8) is 0 Å². The van der Waals surface area contributed by atoms with Gasteiger partial charge in [0.15, 0.2) is 0 Å². The van der Waals surface area contributed by atoms with Gasteiger partial charge in [-0.2, -0.15) is 10.5 Å². The molecule has 0 radical (unpaired) electrons. The number of nitrogens with two attached hydrogens (primary N) is 1. The molecule has 0 amide bonds. The number of aryl methyl sites for hydroxylation is 4. The van der Waals surface area contributed by atoms with Crippen LogP contribution in [0.5, 0.6) is 0 Å². The van der Waals surface area contributed by atoms with E-state index in [0.717, 1.165) is 61.7 Å². The molecule has 10 nitrogen and oxygen atoms in total. The predicted molar refractivity (Wildman–Crippen MR) is 221 cm³/mol. The second kappa shape index (κ2) is 20.0. The lowest BCUT2D eigenvalue weighted by atomic mass is 10.00. The normalized spacial score (nSPS) is 12.2. The highest BCUT2D eigenvalue weighted by Crippen LogP contribution is 2.25. The summed E-state index contributed by atoms with van der Waals surface area (Å²) in [5.41, 5.74) is 16.6. The van der Waals surface area contributed by atoms with Crippen molar-refractivity contribution in [2.75, 3.05) is 11.1 Å². The summed E-state index contributed by atoms with van der Waals surface area (Å²) in [7, 11) is 0. The van der Waals surface area contributed by atoms with Crippen LogP contribution in [-0.4, -0.2) is 31.5 Å². The number of carbonyl (C=O) groups is 2. The number of hydrogen-bond acceptors (Lipinski definition) is 10. The fourth-order valence-electron chi connectivity index (χ4n) is 6.93. The quantitative estimate of drug-likeness (QED) is 0.102. The number of nitrogens with one attached hydrogen (secondary N) is 1. The average molecular weight is 809 g/mol. The zero-order chi connectivity index (χ0) is 41.7. The number of anilines is 3. The van der Waals surface area contributed by atoms with Gasteiger partial charge in [-0.1, -0.05) is 24.3 Å². The molecule has 0 atom stereocenters. The molecule has 8 rings (SSSR count). The third-order valence-electron chi connectivity index (χ3n) is 9.82. The van der Waals surface area contributed by atoms with Gasteiger partial charge < -0.3 is 11.1 Å². The van der Waals surface area contributed by atoms with Crippen LogP contribution in [0.4, 0.5) is 26.1 Å². The largest absolute Gasteiger partial charge is 0.399 e. The Labute approximate surface area is 345 Å². The molecule has 2 aliphatic carbocycles. The van der Waals surface area contributed by atoms with Crippen molar-refractivity contribution in [2.45, 2.75) is 64.2 Å². The highest BCUT2D eigenvalue weighted by atomic mass is 35.5. The number of nitriles is 2. The van der Waals surface area contributed by atoms with Crippen LogP contribution in [0.3, 0.4) is 0 Å². The van der Waals surface area contributed by atoms with E-state index in [4.69, 9.17) is 27.9 Å². The first-order valence-corrected chi connectivity index (χ1v) is 19.3. The fourth-order valence-corrected chi connectivity index (χ4v) is 7.10. The molecule has 0 saturated heterocycles. The molecule has 3 N–H and O–H groups in total. The first-order valence-electron chi connectivity index (χ1n) is 18.9. The van der Waals surface area contributed by atoms with Gasteiger partial charge in [-0.3, -0.25) is 9.59 Å². The molecule has 59 heavy (non-hydrogen) atoms. The van der Waals surface area contributed by atoms with Gasteiger partial charge in [0.1, 0.15) is 23.2 Å². The topological polar surface area (TPSA) is 171 Å². The van der Waals surface area contributed by atoms with E-state index < -0.39 is 0 Å². The molecule has 296 valence electrons. The molecule has 2 aliphatic rings. The van der Waals surface area contributed by atoms with Gasteiger partial charge in [0.2, 0.25) is 11.2 Å². The number of Topliss-reactive ketones (excluding diaryl/α,β-unsaturated/α-hetero) is 2. The minimum Gasteiger partial charge on any atom is -0.399 e. The summed E-state index contributed by atoms with van der Waals surface area (Å²) < 4.78 is 26.6. The van der Waals surface area contributed by atoms with Crippen LogP contribution < -0.4 is 11.1 Å². The van der Waals surface area contributed by atoms with Crippen molar-refractivity contribution < 1.29 is 18.4 Å². The maximum Gasteiger partial charge on any atom is 0.227 e. The van der Waals surface area contributed by atoms with E-state index in [1.165, 1.54) is 24.3 Å².